The van der Waals surface area contributed by atoms with E-state index in [2.05, 4.69) is 29.0 Å². The topological polar surface area (TPSA) is 41.3 Å². The van der Waals surface area contributed by atoms with Gasteiger partial charge in [0.25, 0.3) is 0 Å². The number of likely N-dealkylation sites (tertiary alicyclic amines) is 1. The molecule has 0 radical (unpaired) electrons. The first-order valence-electron chi connectivity index (χ1n) is 6.59. The van der Waals surface area contributed by atoms with Crippen molar-refractivity contribution in [3.63, 3.8) is 0 Å². The van der Waals surface area contributed by atoms with E-state index in [4.69, 9.17) is 4.42 Å². The van der Waals surface area contributed by atoms with Crippen molar-refractivity contribution in [3.8, 4) is 0 Å². The van der Waals surface area contributed by atoms with E-state index in [-0.39, 0.29) is 6.04 Å². The van der Waals surface area contributed by atoms with Crippen LogP contribution in [0.25, 0.3) is 0 Å². The van der Waals surface area contributed by atoms with Crippen molar-refractivity contribution in [1.29, 1.82) is 0 Å². The summed E-state index contributed by atoms with van der Waals surface area (Å²) in [6, 6.07) is 0.243. The largest absolute Gasteiger partial charge is 0.444 e. The Morgan fingerprint density at radius 3 is 2.82 bits per heavy atom. The van der Waals surface area contributed by atoms with E-state index >= 15 is 0 Å². The Morgan fingerprint density at radius 1 is 1.53 bits per heavy atom. The van der Waals surface area contributed by atoms with Gasteiger partial charge in [-0.1, -0.05) is 6.92 Å². The SMILES string of the molecule is CCN1CCC(c2ncc(C(C)NC)o2)CC1. The van der Waals surface area contributed by atoms with Crippen LogP contribution in [0.4, 0.5) is 0 Å². The predicted octanol–water partition coefficient (Wildman–Crippen LogP) is 2.15. The Hall–Kier alpha value is -0.870. The Labute approximate surface area is 103 Å². The summed E-state index contributed by atoms with van der Waals surface area (Å²) in [4.78, 5) is 6.92. The van der Waals surface area contributed by atoms with Gasteiger partial charge in [-0.25, -0.2) is 4.98 Å². The minimum Gasteiger partial charge on any atom is -0.444 e. The molecule has 4 heteroatoms. The molecule has 1 N–H and O–H groups in total. The number of hydrogen-bond donors (Lipinski definition) is 1. The van der Waals surface area contributed by atoms with Gasteiger partial charge in [0.15, 0.2) is 5.89 Å². The maximum absolute atomic E-state index is 5.85. The van der Waals surface area contributed by atoms with Crippen LogP contribution >= 0.6 is 0 Å². The van der Waals surface area contributed by atoms with Crippen LogP contribution < -0.4 is 5.32 Å². The third-order valence-electron chi connectivity index (χ3n) is 3.79. The lowest BCUT2D eigenvalue weighted by Crippen LogP contribution is -2.32. The maximum Gasteiger partial charge on any atom is 0.197 e. The van der Waals surface area contributed by atoms with E-state index in [9.17, 15) is 0 Å². The van der Waals surface area contributed by atoms with Crippen LogP contribution in [-0.2, 0) is 0 Å². The molecule has 2 rings (SSSR count). The van der Waals surface area contributed by atoms with Crippen LogP contribution in [-0.4, -0.2) is 36.6 Å². The zero-order chi connectivity index (χ0) is 12.3. The second-order valence-corrected chi connectivity index (χ2v) is 4.82. The minimum atomic E-state index is 0.243. The summed E-state index contributed by atoms with van der Waals surface area (Å²) in [7, 11) is 1.94. The molecule has 0 aliphatic carbocycles. The molecule has 0 spiro atoms. The fourth-order valence-corrected chi connectivity index (χ4v) is 2.33. The summed E-state index contributed by atoms with van der Waals surface area (Å²) in [5, 5.41) is 3.17. The van der Waals surface area contributed by atoms with Crippen molar-refractivity contribution in [1.82, 2.24) is 15.2 Å². The second-order valence-electron chi connectivity index (χ2n) is 4.82. The summed E-state index contributed by atoms with van der Waals surface area (Å²) in [5.74, 6) is 2.38. The lowest BCUT2D eigenvalue weighted by Gasteiger charge is -2.29. The molecule has 2 heterocycles. The predicted molar refractivity (Wildman–Crippen MR) is 68.1 cm³/mol. The molecular formula is C13H23N3O. The first-order valence-corrected chi connectivity index (χ1v) is 6.59. The van der Waals surface area contributed by atoms with Gasteiger partial charge in [0.1, 0.15) is 5.76 Å². The van der Waals surface area contributed by atoms with E-state index in [1.54, 1.807) is 0 Å². The highest BCUT2D eigenvalue weighted by atomic mass is 16.4. The summed E-state index contributed by atoms with van der Waals surface area (Å²) >= 11 is 0. The molecule has 1 aromatic rings. The Kier molecular flexibility index (Phi) is 4.18. The average molecular weight is 237 g/mol. The molecule has 1 unspecified atom stereocenters. The quantitative estimate of drug-likeness (QED) is 0.871. The van der Waals surface area contributed by atoms with Crippen LogP contribution in [0.3, 0.4) is 0 Å². The molecule has 1 saturated heterocycles. The molecule has 1 atom stereocenters. The molecular weight excluding hydrogens is 214 g/mol. The molecule has 17 heavy (non-hydrogen) atoms. The normalized spacial score (nSPS) is 20.6. The number of nitrogens with one attached hydrogen (secondary N) is 1. The van der Waals surface area contributed by atoms with Crippen molar-refractivity contribution in [2.24, 2.45) is 0 Å². The smallest absolute Gasteiger partial charge is 0.197 e. The summed E-state index contributed by atoms with van der Waals surface area (Å²) in [6.07, 6.45) is 4.20. The average Bonchev–Trinajstić information content (AvgIpc) is 2.87. The van der Waals surface area contributed by atoms with Crippen molar-refractivity contribution < 1.29 is 4.42 Å². The van der Waals surface area contributed by atoms with Crippen LogP contribution in [0, 0.1) is 0 Å². The fourth-order valence-electron chi connectivity index (χ4n) is 2.33. The number of rotatable bonds is 4. The van der Waals surface area contributed by atoms with Crippen LogP contribution in [0.2, 0.25) is 0 Å². The molecule has 1 aliphatic rings. The van der Waals surface area contributed by atoms with Gasteiger partial charge in [-0.05, 0) is 46.4 Å². The highest BCUT2D eigenvalue weighted by Gasteiger charge is 2.24. The molecule has 0 saturated carbocycles. The van der Waals surface area contributed by atoms with Crippen LogP contribution in [0.15, 0.2) is 10.6 Å². The lowest BCUT2D eigenvalue weighted by molar-refractivity contribution is 0.206. The molecule has 4 nitrogen and oxygen atoms in total. The number of aromatic nitrogens is 1. The van der Waals surface area contributed by atoms with Gasteiger partial charge in [-0.15, -0.1) is 0 Å². The zero-order valence-corrected chi connectivity index (χ0v) is 11.1. The van der Waals surface area contributed by atoms with Crippen molar-refractivity contribution in [2.75, 3.05) is 26.7 Å². The van der Waals surface area contributed by atoms with E-state index < -0.39 is 0 Å². The van der Waals surface area contributed by atoms with Crippen molar-refractivity contribution in [3.05, 3.63) is 17.8 Å². The molecule has 0 amide bonds. The maximum atomic E-state index is 5.85. The molecule has 1 fully saturated rings. The number of oxazole rings is 1. The van der Waals surface area contributed by atoms with Gasteiger partial charge < -0.3 is 14.6 Å². The third kappa shape index (κ3) is 2.87. The van der Waals surface area contributed by atoms with Crippen molar-refractivity contribution in [2.45, 2.75) is 38.6 Å². The van der Waals surface area contributed by atoms with Crippen molar-refractivity contribution >= 4 is 0 Å². The van der Waals surface area contributed by atoms with E-state index in [0.717, 1.165) is 18.2 Å². The Morgan fingerprint density at radius 2 is 2.24 bits per heavy atom. The molecule has 0 aromatic carbocycles. The molecule has 1 aromatic heterocycles. The Balaban J connectivity index is 1.97. The molecule has 96 valence electrons. The van der Waals surface area contributed by atoms with Gasteiger partial charge in [0, 0.05) is 5.92 Å². The monoisotopic (exact) mass is 237 g/mol. The van der Waals surface area contributed by atoms with E-state index in [1.165, 1.54) is 25.9 Å². The zero-order valence-electron chi connectivity index (χ0n) is 11.1. The first-order chi connectivity index (χ1) is 8.24. The van der Waals surface area contributed by atoms with Gasteiger partial charge >= 0.3 is 0 Å². The van der Waals surface area contributed by atoms with Gasteiger partial charge in [0.2, 0.25) is 0 Å². The lowest BCUT2D eigenvalue weighted by atomic mass is 9.97. The van der Waals surface area contributed by atoms with Gasteiger partial charge in [-0.2, -0.15) is 0 Å². The van der Waals surface area contributed by atoms with E-state index in [0.29, 0.717) is 5.92 Å². The highest BCUT2D eigenvalue weighted by molar-refractivity contribution is 5.03. The second kappa shape index (κ2) is 5.65. The summed E-state index contributed by atoms with van der Waals surface area (Å²) in [6.45, 7) is 7.80. The first kappa shape index (κ1) is 12.6. The molecule has 0 bridgehead atoms. The molecule has 1 aliphatic heterocycles. The van der Waals surface area contributed by atoms with Gasteiger partial charge in [-0.3, -0.25) is 0 Å². The highest BCUT2D eigenvalue weighted by Crippen LogP contribution is 2.28. The van der Waals surface area contributed by atoms with E-state index in [1.807, 2.05) is 13.2 Å². The summed E-state index contributed by atoms with van der Waals surface area (Å²) < 4.78 is 5.85. The van der Waals surface area contributed by atoms with Crippen LogP contribution in [0.1, 0.15) is 50.3 Å². The number of piperidine rings is 1. The number of nitrogens with zero attached hydrogens (tertiary/aromatic N) is 2. The number of hydrogen-bond acceptors (Lipinski definition) is 4. The Bertz CT molecular complexity index is 342. The van der Waals surface area contributed by atoms with Crippen LogP contribution in [0.5, 0.6) is 0 Å². The standard InChI is InChI=1S/C13H23N3O/c1-4-16-7-5-11(6-8-16)13-15-9-12(17-13)10(2)14-3/h9-11,14H,4-8H2,1-3H3. The van der Waals surface area contributed by atoms with Gasteiger partial charge in [0.05, 0.1) is 12.2 Å². The minimum absolute atomic E-state index is 0.243. The fraction of sp³-hybridized carbons (Fsp3) is 0.769. The third-order valence-corrected chi connectivity index (χ3v) is 3.79. The summed E-state index contributed by atoms with van der Waals surface area (Å²) in [5.41, 5.74) is 0.